The van der Waals surface area contributed by atoms with Gasteiger partial charge in [0, 0.05) is 25.4 Å². The predicted molar refractivity (Wildman–Crippen MR) is 86.0 cm³/mol. The van der Waals surface area contributed by atoms with E-state index in [4.69, 9.17) is 4.74 Å². The second-order valence-corrected chi connectivity index (χ2v) is 6.22. The third-order valence-electron chi connectivity index (χ3n) is 4.44. The van der Waals surface area contributed by atoms with Crippen LogP contribution in [0, 0.1) is 0 Å². The molecule has 5 heteroatoms. The molecule has 1 atom stereocenters. The fourth-order valence-corrected chi connectivity index (χ4v) is 3.43. The van der Waals surface area contributed by atoms with Gasteiger partial charge in [0.05, 0.1) is 12.1 Å². The van der Waals surface area contributed by atoms with E-state index >= 15 is 0 Å². The summed E-state index contributed by atoms with van der Waals surface area (Å²) in [4.78, 5) is 18.9. The van der Waals surface area contributed by atoms with Crippen LogP contribution in [0.2, 0.25) is 0 Å². The van der Waals surface area contributed by atoms with Crippen molar-refractivity contribution < 1.29 is 9.53 Å². The number of nitrogens with zero attached hydrogens (tertiary/aromatic N) is 2. The number of hydrogen-bond acceptors (Lipinski definition) is 4. The van der Waals surface area contributed by atoms with Crippen molar-refractivity contribution in [3.05, 3.63) is 59.9 Å². The van der Waals surface area contributed by atoms with Gasteiger partial charge in [-0.3, -0.25) is 14.7 Å². The zero-order valence-electron chi connectivity index (χ0n) is 12.9. The molecule has 1 saturated heterocycles. The monoisotopic (exact) mass is 309 g/mol. The molecule has 1 aromatic heterocycles. The number of rotatable bonds is 2. The topological polar surface area (TPSA) is 54.5 Å². The largest absolute Gasteiger partial charge is 0.466 e. The van der Waals surface area contributed by atoms with Gasteiger partial charge in [-0.2, -0.15) is 0 Å². The fourth-order valence-electron chi connectivity index (χ4n) is 3.43. The van der Waals surface area contributed by atoms with Crippen LogP contribution in [0.25, 0.3) is 0 Å². The van der Waals surface area contributed by atoms with E-state index in [9.17, 15) is 4.79 Å². The summed E-state index contributed by atoms with van der Waals surface area (Å²) >= 11 is 0. The first-order valence-corrected chi connectivity index (χ1v) is 7.96. The lowest BCUT2D eigenvalue weighted by atomic mass is 9.97. The van der Waals surface area contributed by atoms with Crippen LogP contribution in [0.15, 0.2) is 48.8 Å². The van der Waals surface area contributed by atoms with Gasteiger partial charge in [-0.15, -0.1) is 0 Å². The molecule has 0 saturated carbocycles. The number of nitrogens with one attached hydrogen (secondary N) is 1. The molecule has 1 fully saturated rings. The van der Waals surface area contributed by atoms with Crippen molar-refractivity contribution in [1.29, 1.82) is 0 Å². The Morgan fingerprint density at radius 2 is 2.17 bits per heavy atom. The van der Waals surface area contributed by atoms with Gasteiger partial charge in [0.1, 0.15) is 5.75 Å². The van der Waals surface area contributed by atoms with Crippen molar-refractivity contribution in [3.63, 3.8) is 0 Å². The minimum atomic E-state index is -0.619. The molecule has 5 nitrogen and oxygen atoms in total. The van der Waals surface area contributed by atoms with Crippen molar-refractivity contribution in [2.45, 2.75) is 25.1 Å². The van der Waals surface area contributed by atoms with E-state index in [1.807, 2.05) is 30.5 Å². The lowest BCUT2D eigenvalue weighted by molar-refractivity contribution is -0.0394. The summed E-state index contributed by atoms with van der Waals surface area (Å²) < 4.78 is 6.21. The molecular formula is C18H19N3O2. The lowest BCUT2D eigenvalue weighted by Gasteiger charge is -2.45. The normalized spacial score (nSPS) is 23.9. The number of carbonyl (C=O) groups excluding carboxylic acids is 1. The second kappa shape index (κ2) is 5.66. The van der Waals surface area contributed by atoms with Crippen molar-refractivity contribution in [2.24, 2.45) is 0 Å². The average molecular weight is 309 g/mol. The number of amides is 1. The van der Waals surface area contributed by atoms with Gasteiger partial charge in [0.2, 0.25) is 0 Å². The summed E-state index contributed by atoms with van der Waals surface area (Å²) in [6, 6.07) is 11.5. The van der Waals surface area contributed by atoms with E-state index in [1.54, 1.807) is 12.3 Å². The van der Waals surface area contributed by atoms with E-state index in [0.29, 0.717) is 17.9 Å². The maximum atomic E-state index is 12.4. The predicted octanol–water partition coefficient (Wildman–Crippen LogP) is 2.20. The Balaban J connectivity index is 1.54. The third kappa shape index (κ3) is 2.80. The summed E-state index contributed by atoms with van der Waals surface area (Å²) in [5.74, 6) is 0.634. The minimum absolute atomic E-state index is 0.0462. The van der Waals surface area contributed by atoms with E-state index in [-0.39, 0.29) is 5.91 Å². The molecule has 118 valence electrons. The molecule has 0 bridgehead atoms. The second-order valence-electron chi connectivity index (χ2n) is 6.22. The third-order valence-corrected chi connectivity index (χ3v) is 4.44. The summed E-state index contributed by atoms with van der Waals surface area (Å²) in [7, 11) is 0. The summed E-state index contributed by atoms with van der Waals surface area (Å²) in [6.45, 7) is 2.50. The van der Waals surface area contributed by atoms with Crippen molar-refractivity contribution in [1.82, 2.24) is 15.2 Å². The van der Waals surface area contributed by atoms with Crippen LogP contribution in [-0.2, 0) is 6.54 Å². The van der Waals surface area contributed by atoms with E-state index in [1.165, 1.54) is 5.56 Å². The first-order valence-electron chi connectivity index (χ1n) is 7.96. The molecule has 23 heavy (non-hydrogen) atoms. The molecule has 3 heterocycles. The maximum Gasteiger partial charge on any atom is 0.258 e. The zero-order valence-corrected chi connectivity index (χ0v) is 12.9. The first-order chi connectivity index (χ1) is 11.2. The summed E-state index contributed by atoms with van der Waals surface area (Å²) in [5, 5.41) is 3.09. The van der Waals surface area contributed by atoms with Crippen LogP contribution in [0.5, 0.6) is 5.75 Å². The number of benzene rings is 1. The summed E-state index contributed by atoms with van der Waals surface area (Å²) in [6.07, 6.45) is 5.48. The number of pyridine rings is 1. The van der Waals surface area contributed by atoms with E-state index < -0.39 is 5.72 Å². The number of ether oxygens (including phenoxy) is 1. The number of hydrogen-bond donors (Lipinski definition) is 1. The molecule has 1 unspecified atom stereocenters. The van der Waals surface area contributed by atoms with Gasteiger partial charge < -0.3 is 10.1 Å². The molecule has 1 aromatic carbocycles. The Kier molecular flexibility index (Phi) is 3.50. The molecule has 0 aliphatic carbocycles. The highest BCUT2D eigenvalue weighted by molar-refractivity contribution is 5.98. The van der Waals surface area contributed by atoms with Crippen LogP contribution in [0.1, 0.15) is 28.8 Å². The number of likely N-dealkylation sites (tertiary alicyclic amines) is 1. The maximum absolute atomic E-state index is 12.4. The minimum Gasteiger partial charge on any atom is -0.466 e. The highest BCUT2D eigenvalue weighted by atomic mass is 16.5. The molecule has 2 aromatic rings. The van der Waals surface area contributed by atoms with Gasteiger partial charge >= 0.3 is 0 Å². The first kappa shape index (κ1) is 14.2. The van der Waals surface area contributed by atoms with Gasteiger partial charge in [-0.1, -0.05) is 18.2 Å². The van der Waals surface area contributed by atoms with E-state index in [0.717, 1.165) is 25.9 Å². The Morgan fingerprint density at radius 1 is 1.26 bits per heavy atom. The van der Waals surface area contributed by atoms with Gasteiger partial charge in [-0.05, 0) is 36.7 Å². The van der Waals surface area contributed by atoms with E-state index in [2.05, 4.69) is 21.3 Å². The molecular weight excluding hydrogens is 290 g/mol. The SMILES string of the molecule is O=C1NC2(CCCN(Cc3cccnc3)C2)Oc2ccccc21. The van der Waals surface area contributed by atoms with Crippen LogP contribution < -0.4 is 10.1 Å². The number of fused-ring (bicyclic) bond motifs is 1. The Bertz CT molecular complexity index is 719. The summed E-state index contributed by atoms with van der Waals surface area (Å²) in [5.41, 5.74) is 1.17. The van der Waals surface area contributed by atoms with Crippen LogP contribution >= 0.6 is 0 Å². The smallest absolute Gasteiger partial charge is 0.258 e. The number of carbonyl (C=O) groups is 1. The molecule has 2 aliphatic rings. The number of aromatic nitrogens is 1. The van der Waals surface area contributed by atoms with Gasteiger partial charge in [-0.25, -0.2) is 0 Å². The van der Waals surface area contributed by atoms with Crippen LogP contribution in [0.4, 0.5) is 0 Å². The molecule has 2 aliphatic heterocycles. The Hall–Kier alpha value is -2.40. The highest BCUT2D eigenvalue weighted by Gasteiger charge is 2.43. The molecule has 1 amide bonds. The standard InChI is InChI=1S/C18H19N3O2/c22-17-15-6-1-2-7-16(15)23-18(20-17)8-4-10-21(13-18)12-14-5-3-9-19-11-14/h1-3,5-7,9,11H,4,8,10,12-13H2,(H,20,22). The number of para-hydroxylation sites is 1. The van der Waals surface area contributed by atoms with Gasteiger partial charge in [0.25, 0.3) is 5.91 Å². The van der Waals surface area contributed by atoms with Gasteiger partial charge in [0.15, 0.2) is 5.72 Å². The van der Waals surface area contributed by atoms with Crippen molar-refractivity contribution >= 4 is 5.91 Å². The molecule has 1 N–H and O–H groups in total. The van der Waals surface area contributed by atoms with Crippen molar-refractivity contribution in [3.8, 4) is 5.75 Å². The average Bonchev–Trinajstić information content (AvgIpc) is 2.56. The number of piperidine rings is 1. The Morgan fingerprint density at radius 3 is 3.04 bits per heavy atom. The highest BCUT2D eigenvalue weighted by Crippen LogP contribution is 2.32. The Labute approximate surface area is 135 Å². The molecule has 4 rings (SSSR count). The zero-order chi connectivity index (χ0) is 15.7. The quantitative estimate of drug-likeness (QED) is 0.924. The van der Waals surface area contributed by atoms with Crippen molar-refractivity contribution in [2.75, 3.05) is 13.1 Å². The lowest BCUT2D eigenvalue weighted by Crippen LogP contribution is -2.63. The molecule has 0 radical (unpaired) electrons. The fraction of sp³-hybridized carbons (Fsp3) is 0.333. The van der Waals surface area contributed by atoms with Crippen LogP contribution in [0.3, 0.4) is 0 Å². The van der Waals surface area contributed by atoms with Crippen LogP contribution in [-0.4, -0.2) is 34.6 Å². The molecule has 1 spiro atoms.